The van der Waals surface area contributed by atoms with Gasteiger partial charge in [-0.05, 0) is 30.3 Å². The molecule has 1 aliphatic rings. The number of ether oxygens (including phenoxy) is 1. The molecular weight excluding hydrogens is 394 g/mol. The molecule has 0 spiro atoms. The van der Waals surface area contributed by atoms with Gasteiger partial charge in [-0.15, -0.1) is 0 Å². The summed E-state index contributed by atoms with van der Waals surface area (Å²) in [5.41, 5.74) is 1.62. The van der Waals surface area contributed by atoms with Crippen molar-refractivity contribution in [3.05, 3.63) is 75.5 Å². The summed E-state index contributed by atoms with van der Waals surface area (Å²) >= 11 is 6.21. The SMILES string of the molecule is CN1C(=O)COc2ccc(C(=O)Cn3nc(-c4ccccc4Cl)ccc3=O)cc21. The Kier molecular flexibility index (Phi) is 4.90. The van der Waals surface area contributed by atoms with Crippen LogP contribution in [0, 0.1) is 0 Å². The van der Waals surface area contributed by atoms with Crippen LogP contribution >= 0.6 is 11.6 Å². The summed E-state index contributed by atoms with van der Waals surface area (Å²) in [6.07, 6.45) is 0. The van der Waals surface area contributed by atoms with Gasteiger partial charge in [0.25, 0.3) is 11.5 Å². The van der Waals surface area contributed by atoms with Crippen LogP contribution in [0.15, 0.2) is 59.4 Å². The summed E-state index contributed by atoms with van der Waals surface area (Å²) < 4.78 is 6.47. The van der Waals surface area contributed by atoms with Gasteiger partial charge in [0.15, 0.2) is 12.4 Å². The van der Waals surface area contributed by atoms with E-state index in [0.29, 0.717) is 33.3 Å². The highest BCUT2D eigenvalue weighted by Gasteiger charge is 2.23. The summed E-state index contributed by atoms with van der Waals surface area (Å²) in [4.78, 5) is 38.3. The fourth-order valence-electron chi connectivity index (χ4n) is 3.05. The minimum atomic E-state index is -0.400. The molecule has 146 valence electrons. The molecule has 0 fully saturated rings. The monoisotopic (exact) mass is 409 g/mol. The van der Waals surface area contributed by atoms with Crippen LogP contribution in [0.4, 0.5) is 5.69 Å². The molecule has 0 unspecified atom stereocenters. The minimum absolute atomic E-state index is 0.0368. The van der Waals surface area contributed by atoms with Crippen LogP contribution in [-0.2, 0) is 11.3 Å². The van der Waals surface area contributed by atoms with Crippen molar-refractivity contribution in [3.8, 4) is 17.0 Å². The van der Waals surface area contributed by atoms with Crippen LogP contribution < -0.4 is 15.2 Å². The maximum Gasteiger partial charge on any atom is 0.267 e. The zero-order valence-corrected chi connectivity index (χ0v) is 16.2. The molecule has 0 N–H and O–H groups in total. The molecular formula is C21H16ClN3O4. The molecule has 0 saturated heterocycles. The minimum Gasteiger partial charge on any atom is -0.482 e. The lowest BCUT2D eigenvalue weighted by molar-refractivity contribution is -0.120. The molecule has 8 heteroatoms. The van der Waals surface area contributed by atoms with E-state index in [1.165, 1.54) is 11.0 Å². The summed E-state index contributed by atoms with van der Waals surface area (Å²) in [7, 11) is 1.62. The standard InChI is InChI=1S/C21H16ClN3O4/c1-24-17-10-13(6-8-19(17)29-12-21(24)28)18(26)11-25-20(27)9-7-16(23-25)14-4-2-3-5-15(14)22/h2-10H,11-12H2,1H3. The number of hydrogen-bond acceptors (Lipinski definition) is 5. The number of Topliss-reactive ketones (excluding diaryl/α,β-unsaturated/α-hetero) is 1. The maximum absolute atomic E-state index is 12.8. The average Bonchev–Trinajstić information content (AvgIpc) is 2.72. The Bertz CT molecular complexity index is 1190. The van der Waals surface area contributed by atoms with E-state index in [-0.39, 0.29) is 24.8 Å². The molecule has 0 radical (unpaired) electrons. The fraction of sp³-hybridized carbons (Fsp3) is 0.143. The van der Waals surface area contributed by atoms with Crippen molar-refractivity contribution < 1.29 is 14.3 Å². The van der Waals surface area contributed by atoms with Gasteiger partial charge in [0.1, 0.15) is 12.3 Å². The van der Waals surface area contributed by atoms with Gasteiger partial charge in [-0.3, -0.25) is 14.4 Å². The summed E-state index contributed by atoms with van der Waals surface area (Å²) in [5.74, 6) is 0.0113. The Labute approximate surface area is 171 Å². The third-order valence-electron chi connectivity index (χ3n) is 4.68. The largest absolute Gasteiger partial charge is 0.482 e. The number of nitrogens with zero attached hydrogens (tertiary/aromatic N) is 3. The number of rotatable bonds is 4. The second kappa shape index (κ2) is 7.52. The highest BCUT2D eigenvalue weighted by atomic mass is 35.5. The molecule has 0 aliphatic carbocycles. The van der Waals surface area contributed by atoms with Crippen LogP contribution in [0.5, 0.6) is 5.75 Å². The number of carbonyl (C=O) groups excluding carboxylic acids is 2. The number of ketones is 1. The zero-order chi connectivity index (χ0) is 20.5. The second-order valence-corrected chi connectivity index (χ2v) is 6.95. The Balaban J connectivity index is 1.64. The van der Waals surface area contributed by atoms with Gasteiger partial charge in [-0.2, -0.15) is 5.10 Å². The Morgan fingerprint density at radius 2 is 1.93 bits per heavy atom. The van der Waals surface area contributed by atoms with Crippen molar-refractivity contribution in [2.75, 3.05) is 18.6 Å². The van der Waals surface area contributed by atoms with E-state index >= 15 is 0 Å². The number of anilines is 1. The van der Waals surface area contributed by atoms with E-state index < -0.39 is 5.56 Å². The van der Waals surface area contributed by atoms with E-state index in [4.69, 9.17) is 16.3 Å². The number of carbonyl (C=O) groups is 2. The zero-order valence-electron chi connectivity index (χ0n) is 15.5. The molecule has 0 bridgehead atoms. The third kappa shape index (κ3) is 3.64. The van der Waals surface area contributed by atoms with Gasteiger partial charge in [0.2, 0.25) is 0 Å². The number of hydrogen-bond donors (Lipinski definition) is 0. The van der Waals surface area contributed by atoms with Gasteiger partial charge in [0.05, 0.1) is 16.4 Å². The molecule has 1 aromatic heterocycles. The molecule has 1 amide bonds. The van der Waals surface area contributed by atoms with Crippen LogP contribution in [0.2, 0.25) is 5.02 Å². The van der Waals surface area contributed by atoms with E-state index in [1.54, 1.807) is 49.5 Å². The molecule has 0 saturated carbocycles. The molecule has 0 atom stereocenters. The maximum atomic E-state index is 12.8. The second-order valence-electron chi connectivity index (χ2n) is 6.54. The Hall–Kier alpha value is -3.45. The fourth-order valence-corrected chi connectivity index (χ4v) is 3.28. The van der Waals surface area contributed by atoms with Gasteiger partial charge in [0, 0.05) is 24.2 Å². The normalized spacial score (nSPS) is 13.0. The van der Waals surface area contributed by atoms with Crippen molar-refractivity contribution in [3.63, 3.8) is 0 Å². The highest BCUT2D eigenvalue weighted by Crippen LogP contribution is 2.32. The number of amides is 1. The van der Waals surface area contributed by atoms with Gasteiger partial charge < -0.3 is 9.64 Å². The molecule has 1 aliphatic heterocycles. The van der Waals surface area contributed by atoms with Crippen molar-refractivity contribution in [2.24, 2.45) is 0 Å². The first-order valence-corrected chi connectivity index (χ1v) is 9.21. The predicted molar refractivity (Wildman–Crippen MR) is 109 cm³/mol. The molecule has 4 rings (SSSR count). The van der Waals surface area contributed by atoms with Gasteiger partial charge in [-0.1, -0.05) is 29.8 Å². The van der Waals surface area contributed by atoms with Crippen molar-refractivity contribution in [1.29, 1.82) is 0 Å². The summed E-state index contributed by atoms with van der Waals surface area (Å²) in [6, 6.07) is 14.9. The topological polar surface area (TPSA) is 81.5 Å². The average molecular weight is 410 g/mol. The predicted octanol–water partition coefficient (Wildman–Crippen LogP) is 2.80. The van der Waals surface area contributed by atoms with Crippen LogP contribution in [0.3, 0.4) is 0 Å². The Morgan fingerprint density at radius 3 is 2.72 bits per heavy atom. The van der Waals surface area contributed by atoms with Crippen LogP contribution in [0.1, 0.15) is 10.4 Å². The van der Waals surface area contributed by atoms with Gasteiger partial charge in [-0.25, -0.2) is 4.68 Å². The first kappa shape index (κ1) is 18.9. The number of fused-ring (bicyclic) bond motifs is 1. The molecule has 3 aromatic rings. The Morgan fingerprint density at radius 1 is 1.14 bits per heavy atom. The van der Waals surface area contributed by atoms with Crippen LogP contribution in [-0.4, -0.2) is 35.1 Å². The van der Waals surface area contributed by atoms with Crippen molar-refractivity contribution in [1.82, 2.24) is 9.78 Å². The number of benzene rings is 2. The molecule has 7 nitrogen and oxygen atoms in total. The van der Waals surface area contributed by atoms with E-state index in [1.807, 2.05) is 6.07 Å². The molecule has 2 aromatic carbocycles. The highest BCUT2D eigenvalue weighted by molar-refractivity contribution is 6.33. The summed E-state index contributed by atoms with van der Waals surface area (Å²) in [5, 5.41) is 4.79. The first-order chi connectivity index (χ1) is 13.9. The number of aromatic nitrogens is 2. The van der Waals surface area contributed by atoms with Gasteiger partial charge >= 0.3 is 0 Å². The van der Waals surface area contributed by atoms with E-state index in [0.717, 1.165) is 4.68 Å². The van der Waals surface area contributed by atoms with Crippen LogP contribution in [0.25, 0.3) is 11.3 Å². The lowest BCUT2D eigenvalue weighted by Crippen LogP contribution is -2.35. The van der Waals surface area contributed by atoms with Crippen molar-refractivity contribution >= 4 is 29.0 Å². The van der Waals surface area contributed by atoms with Crippen molar-refractivity contribution in [2.45, 2.75) is 6.54 Å². The summed E-state index contributed by atoms with van der Waals surface area (Å²) in [6.45, 7) is -0.278. The smallest absolute Gasteiger partial charge is 0.267 e. The lowest BCUT2D eigenvalue weighted by Gasteiger charge is -2.26. The lowest BCUT2D eigenvalue weighted by atomic mass is 10.1. The van der Waals surface area contributed by atoms with E-state index in [9.17, 15) is 14.4 Å². The first-order valence-electron chi connectivity index (χ1n) is 8.84. The number of halogens is 1. The third-order valence-corrected chi connectivity index (χ3v) is 5.01. The quantitative estimate of drug-likeness (QED) is 0.619. The molecule has 2 heterocycles. The number of likely N-dealkylation sites (N-methyl/N-ethyl adjacent to an activating group) is 1. The molecule has 29 heavy (non-hydrogen) atoms. The van der Waals surface area contributed by atoms with E-state index in [2.05, 4.69) is 5.10 Å².